The monoisotopic (exact) mass is 468 g/mol. The van der Waals surface area contributed by atoms with Crippen LogP contribution in [0.3, 0.4) is 0 Å². The predicted molar refractivity (Wildman–Crippen MR) is 129 cm³/mol. The fourth-order valence-corrected chi connectivity index (χ4v) is 4.13. The van der Waals surface area contributed by atoms with E-state index < -0.39 is 12.0 Å². The number of carbonyl (C=O) groups is 3. The van der Waals surface area contributed by atoms with E-state index in [9.17, 15) is 19.5 Å². The first-order valence-corrected chi connectivity index (χ1v) is 11.5. The van der Waals surface area contributed by atoms with E-state index in [-0.39, 0.29) is 30.8 Å². The van der Waals surface area contributed by atoms with Gasteiger partial charge in [-0.2, -0.15) is 0 Å². The molecule has 0 saturated heterocycles. The Labute approximate surface area is 199 Å². The number of aryl methyl sites for hydroxylation is 1. The van der Waals surface area contributed by atoms with Crippen LogP contribution < -0.4 is 15.4 Å². The molecule has 1 aromatic heterocycles. The lowest BCUT2D eigenvalue weighted by Crippen LogP contribution is -2.46. The molecule has 0 radical (unpaired) electrons. The second kappa shape index (κ2) is 11.0. The number of ether oxygens (including phenoxy) is 1. The zero-order valence-corrected chi connectivity index (χ0v) is 19.9. The molecule has 3 rings (SSSR count). The van der Waals surface area contributed by atoms with Gasteiger partial charge in [-0.15, -0.1) is 0 Å². The van der Waals surface area contributed by atoms with Crippen molar-refractivity contribution in [2.45, 2.75) is 58.5 Å². The number of benzene rings is 1. The Morgan fingerprint density at radius 2 is 1.97 bits per heavy atom. The molecule has 1 atom stereocenters. The SMILES string of the molecule is CC(CC(=O)O)N1CC(=O)N(C(C)C)c2ccc(CCCCOc3cccnc3N)cc2C1=O. The van der Waals surface area contributed by atoms with E-state index in [1.807, 2.05) is 32.0 Å². The summed E-state index contributed by atoms with van der Waals surface area (Å²) in [5.74, 6) is -0.636. The number of nitrogen functional groups attached to an aromatic ring is 1. The predicted octanol–water partition coefficient (Wildman–Crippen LogP) is 3.13. The van der Waals surface area contributed by atoms with E-state index in [1.54, 1.807) is 30.2 Å². The summed E-state index contributed by atoms with van der Waals surface area (Å²) in [6.45, 7) is 5.79. The summed E-state index contributed by atoms with van der Waals surface area (Å²) in [5.41, 5.74) is 7.74. The Kier molecular flexibility index (Phi) is 8.09. The van der Waals surface area contributed by atoms with Gasteiger partial charge in [0, 0.05) is 18.3 Å². The molecule has 1 aromatic carbocycles. The van der Waals surface area contributed by atoms with Gasteiger partial charge in [0.2, 0.25) is 5.91 Å². The van der Waals surface area contributed by atoms with Crippen LogP contribution in [0.4, 0.5) is 11.5 Å². The van der Waals surface area contributed by atoms with Gasteiger partial charge in [0.15, 0.2) is 11.6 Å². The van der Waals surface area contributed by atoms with Crippen LogP contribution in [0.1, 0.15) is 56.0 Å². The van der Waals surface area contributed by atoms with E-state index >= 15 is 0 Å². The average Bonchev–Trinajstić information content (AvgIpc) is 2.88. The summed E-state index contributed by atoms with van der Waals surface area (Å²) in [6, 6.07) is 8.38. The van der Waals surface area contributed by atoms with Gasteiger partial charge >= 0.3 is 5.97 Å². The molecule has 1 aliphatic rings. The van der Waals surface area contributed by atoms with Crippen molar-refractivity contribution >= 4 is 29.3 Å². The van der Waals surface area contributed by atoms with Crippen LogP contribution in [0.5, 0.6) is 5.75 Å². The lowest BCUT2D eigenvalue weighted by atomic mass is 10.0. The van der Waals surface area contributed by atoms with E-state index in [4.69, 9.17) is 10.5 Å². The second-order valence-electron chi connectivity index (χ2n) is 8.78. The molecular weight excluding hydrogens is 436 g/mol. The van der Waals surface area contributed by atoms with Crippen molar-refractivity contribution in [1.82, 2.24) is 9.88 Å². The van der Waals surface area contributed by atoms with Crippen molar-refractivity contribution in [3.63, 3.8) is 0 Å². The van der Waals surface area contributed by atoms with Crippen LogP contribution in [-0.4, -0.2) is 58.0 Å². The van der Waals surface area contributed by atoms with Crippen molar-refractivity contribution < 1.29 is 24.2 Å². The van der Waals surface area contributed by atoms with Crippen molar-refractivity contribution in [3.8, 4) is 5.75 Å². The Morgan fingerprint density at radius 3 is 2.65 bits per heavy atom. The number of nitrogens with zero attached hydrogens (tertiary/aromatic N) is 3. The maximum Gasteiger partial charge on any atom is 0.305 e. The molecule has 2 heterocycles. The van der Waals surface area contributed by atoms with Crippen LogP contribution in [0.15, 0.2) is 36.5 Å². The van der Waals surface area contributed by atoms with E-state index in [0.717, 1.165) is 24.8 Å². The maximum absolute atomic E-state index is 13.4. The smallest absolute Gasteiger partial charge is 0.305 e. The molecule has 3 N–H and O–H groups in total. The molecule has 0 bridgehead atoms. The average molecular weight is 469 g/mol. The number of carboxylic acid groups (broad SMARTS) is 1. The molecule has 0 spiro atoms. The number of nitrogens with two attached hydrogens (primary N) is 1. The summed E-state index contributed by atoms with van der Waals surface area (Å²) < 4.78 is 5.68. The number of aromatic nitrogens is 1. The lowest BCUT2D eigenvalue weighted by Gasteiger charge is -2.28. The summed E-state index contributed by atoms with van der Waals surface area (Å²) in [4.78, 5) is 44.6. The third kappa shape index (κ3) is 5.84. The highest BCUT2D eigenvalue weighted by Gasteiger charge is 2.35. The summed E-state index contributed by atoms with van der Waals surface area (Å²) >= 11 is 0. The molecule has 0 aliphatic carbocycles. The highest BCUT2D eigenvalue weighted by atomic mass is 16.5. The molecule has 182 valence electrons. The van der Waals surface area contributed by atoms with Gasteiger partial charge in [0.05, 0.1) is 24.3 Å². The number of hydrogen-bond donors (Lipinski definition) is 2. The van der Waals surface area contributed by atoms with E-state index in [2.05, 4.69) is 4.98 Å². The number of unbranched alkanes of at least 4 members (excludes halogenated alkanes) is 1. The second-order valence-corrected chi connectivity index (χ2v) is 8.78. The van der Waals surface area contributed by atoms with Gasteiger partial charge in [-0.25, -0.2) is 4.98 Å². The van der Waals surface area contributed by atoms with Crippen molar-refractivity contribution in [2.75, 3.05) is 23.8 Å². The number of fused-ring (bicyclic) bond motifs is 1. The third-order valence-electron chi connectivity index (χ3n) is 5.82. The molecular formula is C25H32N4O5. The topological polar surface area (TPSA) is 126 Å². The largest absolute Gasteiger partial charge is 0.490 e. The number of anilines is 2. The number of amides is 2. The number of hydrogen-bond acceptors (Lipinski definition) is 6. The van der Waals surface area contributed by atoms with E-state index in [0.29, 0.717) is 29.4 Å². The Morgan fingerprint density at radius 1 is 1.21 bits per heavy atom. The molecule has 9 heteroatoms. The summed E-state index contributed by atoms with van der Waals surface area (Å²) in [7, 11) is 0. The molecule has 1 unspecified atom stereocenters. The van der Waals surface area contributed by atoms with Gasteiger partial charge in [-0.3, -0.25) is 14.4 Å². The third-order valence-corrected chi connectivity index (χ3v) is 5.82. The van der Waals surface area contributed by atoms with Crippen molar-refractivity contribution in [2.24, 2.45) is 0 Å². The molecule has 9 nitrogen and oxygen atoms in total. The van der Waals surface area contributed by atoms with Crippen LogP contribution in [0.2, 0.25) is 0 Å². The Hall–Kier alpha value is -3.62. The molecule has 1 aliphatic heterocycles. The fourth-order valence-electron chi connectivity index (χ4n) is 4.13. The molecule has 0 saturated carbocycles. The van der Waals surface area contributed by atoms with Crippen LogP contribution in [0, 0.1) is 0 Å². The minimum Gasteiger partial charge on any atom is -0.490 e. The highest BCUT2D eigenvalue weighted by Crippen LogP contribution is 2.30. The molecule has 0 fully saturated rings. The Balaban J connectivity index is 1.74. The number of pyridine rings is 1. The van der Waals surface area contributed by atoms with Crippen LogP contribution in [-0.2, 0) is 16.0 Å². The molecule has 34 heavy (non-hydrogen) atoms. The van der Waals surface area contributed by atoms with Crippen LogP contribution >= 0.6 is 0 Å². The first-order valence-electron chi connectivity index (χ1n) is 11.5. The quantitative estimate of drug-likeness (QED) is 0.513. The minimum atomic E-state index is -1.01. The number of rotatable bonds is 10. The first kappa shape index (κ1) is 25.0. The zero-order valence-electron chi connectivity index (χ0n) is 19.9. The number of carboxylic acids is 1. The van der Waals surface area contributed by atoms with E-state index in [1.165, 1.54) is 4.90 Å². The standard InChI is InChI=1S/C25H32N4O5/c1-16(2)29-20-10-9-18(7-4-5-12-34-21-8-6-11-27-24(21)26)14-19(20)25(33)28(15-22(29)30)17(3)13-23(31)32/h6,8-11,14,16-17H,4-5,7,12-13,15H2,1-3H3,(H2,26,27)(H,31,32). The minimum absolute atomic E-state index is 0.142. The highest BCUT2D eigenvalue weighted by molar-refractivity contribution is 6.10. The van der Waals surface area contributed by atoms with Gasteiger partial charge < -0.3 is 25.4 Å². The molecule has 2 amide bonds. The van der Waals surface area contributed by atoms with Crippen molar-refractivity contribution in [1.29, 1.82) is 0 Å². The maximum atomic E-state index is 13.4. The van der Waals surface area contributed by atoms with Gasteiger partial charge in [-0.05, 0) is 69.9 Å². The van der Waals surface area contributed by atoms with Crippen molar-refractivity contribution in [3.05, 3.63) is 47.7 Å². The van der Waals surface area contributed by atoms with Gasteiger partial charge in [0.1, 0.15) is 6.54 Å². The fraction of sp³-hybridized carbons (Fsp3) is 0.440. The van der Waals surface area contributed by atoms with Gasteiger partial charge in [0.25, 0.3) is 5.91 Å². The number of carbonyl (C=O) groups excluding carboxylic acids is 2. The lowest BCUT2D eigenvalue weighted by molar-refractivity contribution is -0.138. The summed E-state index contributed by atoms with van der Waals surface area (Å²) in [6.07, 6.45) is 3.74. The summed E-state index contributed by atoms with van der Waals surface area (Å²) in [5, 5.41) is 9.19. The Bertz CT molecular complexity index is 1060. The molecule has 2 aromatic rings. The first-order chi connectivity index (χ1) is 16.2. The zero-order chi connectivity index (χ0) is 24.8. The van der Waals surface area contributed by atoms with Gasteiger partial charge in [-0.1, -0.05) is 6.07 Å². The normalized spacial score (nSPS) is 14.7. The van der Waals surface area contributed by atoms with Crippen LogP contribution in [0.25, 0.3) is 0 Å². The number of aliphatic carboxylic acids is 1.